The van der Waals surface area contributed by atoms with Crippen molar-refractivity contribution in [3.8, 4) is 0 Å². The first kappa shape index (κ1) is 19.0. The fourth-order valence-corrected chi connectivity index (χ4v) is 3.47. The van der Waals surface area contributed by atoms with Crippen LogP contribution in [-0.4, -0.2) is 12.6 Å². The molecule has 1 fully saturated rings. The normalized spacial score (nSPS) is 21.3. The SMILES string of the molecule is CC(C)NCCCC1C[CH]CCCCCCCCCCC1. The number of hydrogen-bond acceptors (Lipinski definition) is 1. The van der Waals surface area contributed by atoms with Crippen LogP contribution in [0.1, 0.15) is 104 Å². The van der Waals surface area contributed by atoms with E-state index in [4.69, 9.17) is 0 Å². The topological polar surface area (TPSA) is 12.0 Å². The minimum atomic E-state index is 0.639. The molecule has 125 valence electrons. The predicted octanol–water partition coefficient (Wildman–Crippen LogP) is 6.28. The van der Waals surface area contributed by atoms with Gasteiger partial charge in [-0.1, -0.05) is 84.5 Å². The van der Waals surface area contributed by atoms with Crippen molar-refractivity contribution in [2.45, 2.75) is 110 Å². The largest absolute Gasteiger partial charge is 0.315 e. The van der Waals surface area contributed by atoms with Crippen LogP contribution in [0, 0.1) is 12.3 Å². The van der Waals surface area contributed by atoms with Gasteiger partial charge in [-0.25, -0.2) is 0 Å². The molecule has 1 heteroatoms. The summed E-state index contributed by atoms with van der Waals surface area (Å²) in [4.78, 5) is 0. The first-order valence-corrected chi connectivity index (χ1v) is 9.84. The minimum Gasteiger partial charge on any atom is -0.315 e. The van der Waals surface area contributed by atoms with Gasteiger partial charge in [-0.3, -0.25) is 0 Å². The van der Waals surface area contributed by atoms with Gasteiger partial charge in [0.1, 0.15) is 0 Å². The smallest absolute Gasteiger partial charge is 0.00103 e. The van der Waals surface area contributed by atoms with Gasteiger partial charge in [0, 0.05) is 6.04 Å². The zero-order valence-electron chi connectivity index (χ0n) is 14.8. The minimum absolute atomic E-state index is 0.639. The Labute approximate surface area is 134 Å². The van der Waals surface area contributed by atoms with E-state index in [9.17, 15) is 0 Å². The lowest BCUT2D eigenvalue weighted by atomic mass is 9.90. The predicted molar refractivity (Wildman–Crippen MR) is 95.6 cm³/mol. The fourth-order valence-electron chi connectivity index (χ4n) is 3.47. The Kier molecular flexibility index (Phi) is 12.3. The van der Waals surface area contributed by atoms with Crippen LogP contribution in [0.2, 0.25) is 0 Å². The summed E-state index contributed by atoms with van der Waals surface area (Å²) in [5.41, 5.74) is 0. The van der Waals surface area contributed by atoms with Crippen molar-refractivity contribution in [2.24, 2.45) is 5.92 Å². The maximum absolute atomic E-state index is 3.56. The molecule has 0 aromatic rings. The van der Waals surface area contributed by atoms with E-state index in [1.807, 2.05) is 0 Å². The molecule has 0 heterocycles. The third-order valence-electron chi connectivity index (χ3n) is 4.86. The molecule has 1 radical (unpaired) electrons. The second-order valence-corrected chi connectivity index (χ2v) is 7.40. The van der Waals surface area contributed by atoms with E-state index in [0.717, 1.165) is 5.92 Å². The Morgan fingerprint density at radius 2 is 1.52 bits per heavy atom. The second-order valence-electron chi connectivity index (χ2n) is 7.40. The van der Waals surface area contributed by atoms with Crippen LogP contribution in [0.3, 0.4) is 0 Å². The van der Waals surface area contributed by atoms with Crippen molar-refractivity contribution < 1.29 is 0 Å². The highest BCUT2D eigenvalue weighted by Crippen LogP contribution is 2.23. The Morgan fingerprint density at radius 1 is 0.905 bits per heavy atom. The molecule has 0 aliphatic heterocycles. The maximum Gasteiger partial charge on any atom is 0.00103 e. The summed E-state index contributed by atoms with van der Waals surface area (Å²) in [6, 6.07) is 0.639. The van der Waals surface area contributed by atoms with Crippen molar-refractivity contribution in [3.63, 3.8) is 0 Å². The molecule has 1 rings (SSSR count). The Balaban J connectivity index is 2.18. The summed E-state index contributed by atoms with van der Waals surface area (Å²) in [6.45, 7) is 5.69. The monoisotopic (exact) mass is 294 g/mol. The standard InChI is InChI=1S/C20H40N/c1-19(2)21-18-14-17-20-15-12-10-8-6-4-3-5-7-9-11-13-16-20/h12,19-21H,3-11,13-18H2,1-2H3. The van der Waals surface area contributed by atoms with Crippen LogP contribution in [0.25, 0.3) is 0 Å². The molecule has 1 saturated carbocycles. The van der Waals surface area contributed by atoms with Crippen LogP contribution in [0.4, 0.5) is 0 Å². The highest BCUT2D eigenvalue weighted by Gasteiger charge is 2.09. The van der Waals surface area contributed by atoms with Gasteiger partial charge in [-0.15, -0.1) is 0 Å². The molecule has 21 heavy (non-hydrogen) atoms. The molecular formula is C20H40N. The highest BCUT2D eigenvalue weighted by atomic mass is 14.9. The molecular weight excluding hydrogens is 254 g/mol. The molecule has 1 aliphatic rings. The van der Waals surface area contributed by atoms with Gasteiger partial charge >= 0.3 is 0 Å². The van der Waals surface area contributed by atoms with Crippen LogP contribution in [0.5, 0.6) is 0 Å². The van der Waals surface area contributed by atoms with Gasteiger partial charge in [-0.05, 0) is 38.1 Å². The van der Waals surface area contributed by atoms with Gasteiger partial charge in [0.15, 0.2) is 0 Å². The van der Waals surface area contributed by atoms with Gasteiger partial charge in [0.05, 0.1) is 0 Å². The van der Waals surface area contributed by atoms with E-state index in [2.05, 4.69) is 25.6 Å². The number of rotatable bonds is 5. The fraction of sp³-hybridized carbons (Fsp3) is 0.950. The molecule has 1 atom stereocenters. The van der Waals surface area contributed by atoms with Crippen LogP contribution >= 0.6 is 0 Å². The summed E-state index contributed by atoms with van der Waals surface area (Å²) in [6.07, 6.45) is 22.8. The highest BCUT2D eigenvalue weighted by molar-refractivity contribution is 4.72. The lowest BCUT2D eigenvalue weighted by Crippen LogP contribution is -2.24. The average molecular weight is 295 g/mol. The Hall–Kier alpha value is -0.0400. The molecule has 1 aliphatic carbocycles. The summed E-state index contributed by atoms with van der Waals surface area (Å²) in [5, 5.41) is 3.56. The first-order chi connectivity index (χ1) is 10.3. The van der Waals surface area contributed by atoms with E-state index in [0.29, 0.717) is 6.04 Å². The third kappa shape index (κ3) is 12.2. The van der Waals surface area contributed by atoms with Crippen LogP contribution in [0.15, 0.2) is 0 Å². The van der Waals surface area contributed by atoms with E-state index in [1.165, 1.54) is 96.4 Å². The maximum atomic E-state index is 3.56. The van der Waals surface area contributed by atoms with E-state index >= 15 is 0 Å². The summed E-state index contributed by atoms with van der Waals surface area (Å²) >= 11 is 0. The third-order valence-corrected chi connectivity index (χ3v) is 4.86. The average Bonchev–Trinajstić information content (AvgIpc) is 2.46. The van der Waals surface area contributed by atoms with Crippen molar-refractivity contribution in [2.75, 3.05) is 6.54 Å². The Morgan fingerprint density at radius 3 is 2.19 bits per heavy atom. The van der Waals surface area contributed by atoms with Gasteiger partial charge in [0.2, 0.25) is 0 Å². The van der Waals surface area contributed by atoms with Crippen molar-refractivity contribution in [1.29, 1.82) is 0 Å². The van der Waals surface area contributed by atoms with Crippen molar-refractivity contribution in [1.82, 2.24) is 5.32 Å². The van der Waals surface area contributed by atoms with Crippen LogP contribution in [-0.2, 0) is 0 Å². The Bertz CT molecular complexity index is 198. The van der Waals surface area contributed by atoms with Crippen molar-refractivity contribution >= 4 is 0 Å². The summed E-state index contributed by atoms with van der Waals surface area (Å²) in [7, 11) is 0. The molecule has 0 aromatic carbocycles. The molecule has 1 unspecified atom stereocenters. The molecule has 0 saturated heterocycles. The molecule has 1 nitrogen and oxygen atoms in total. The lowest BCUT2D eigenvalue weighted by Gasteiger charge is -2.18. The summed E-state index contributed by atoms with van der Waals surface area (Å²) in [5.74, 6) is 0.960. The quantitative estimate of drug-likeness (QED) is 0.588. The van der Waals surface area contributed by atoms with Gasteiger partial charge < -0.3 is 5.32 Å². The molecule has 0 aromatic heterocycles. The van der Waals surface area contributed by atoms with E-state index in [1.54, 1.807) is 0 Å². The van der Waals surface area contributed by atoms with Crippen LogP contribution < -0.4 is 5.32 Å². The molecule has 1 N–H and O–H groups in total. The number of hydrogen-bond donors (Lipinski definition) is 1. The van der Waals surface area contributed by atoms with Gasteiger partial charge in [0.25, 0.3) is 0 Å². The second kappa shape index (κ2) is 13.6. The van der Waals surface area contributed by atoms with Gasteiger partial charge in [-0.2, -0.15) is 0 Å². The van der Waals surface area contributed by atoms with Crippen molar-refractivity contribution in [3.05, 3.63) is 6.42 Å². The number of nitrogens with one attached hydrogen (secondary N) is 1. The lowest BCUT2D eigenvalue weighted by molar-refractivity contribution is 0.391. The molecule has 0 bridgehead atoms. The zero-order chi connectivity index (χ0) is 15.2. The molecule has 0 spiro atoms. The molecule has 0 amide bonds. The van der Waals surface area contributed by atoms with E-state index < -0.39 is 0 Å². The first-order valence-electron chi connectivity index (χ1n) is 9.84. The summed E-state index contributed by atoms with van der Waals surface area (Å²) < 4.78 is 0. The van der Waals surface area contributed by atoms with E-state index in [-0.39, 0.29) is 0 Å². The zero-order valence-corrected chi connectivity index (χ0v) is 14.8.